The van der Waals surface area contributed by atoms with Crippen molar-refractivity contribution in [3.05, 3.63) is 102 Å². The van der Waals surface area contributed by atoms with Gasteiger partial charge in [-0.2, -0.15) is 0 Å². The second-order valence-corrected chi connectivity index (χ2v) is 35.3. The zero-order valence-corrected chi connectivity index (χ0v) is 77.5. The number of phenols is 1. The highest BCUT2D eigenvalue weighted by Gasteiger charge is 2.47. The van der Waals surface area contributed by atoms with Crippen molar-refractivity contribution in [2.24, 2.45) is 34.8 Å². The monoisotopic (exact) mass is 1880 g/mol. The molecule has 0 aliphatic carbocycles. The van der Waals surface area contributed by atoms with Crippen LogP contribution in [-0.4, -0.2) is 305 Å². The molecule has 3 fully saturated rings. The van der Waals surface area contributed by atoms with Crippen LogP contribution in [0.5, 0.6) is 5.75 Å². The second-order valence-electron chi connectivity index (χ2n) is 35.3. The van der Waals surface area contributed by atoms with Crippen LogP contribution in [-0.2, 0) is 117 Å². The topological polar surface area (TPSA) is 655 Å². The summed E-state index contributed by atoms with van der Waals surface area (Å²) in [4.78, 5) is 283. The first-order valence-corrected chi connectivity index (χ1v) is 45.7. The second kappa shape index (κ2) is 50.6. The number of amides is 16. The average molecular weight is 1880 g/mol. The van der Waals surface area contributed by atoms with Gasteiger partial charge in [-0.25, -0.2) is 0 Å². The zero-order chi connectivity index (χ0) is 99.4. The minimum absolute atomic E-state index is 0.00586. The number of primary amides is 2. The predicted molar refractivity (Wildman–Crippen MR) is 490 cm³/mol. The van der Waals surface area contributed by atoms with E-state index in [1.807, 2.05) is 13.8 Å². The molecule has 22 N–H and O–H groups in total. The minimum Gasteiger partial charge on any atom is -0.508 e. The number of aliphatic hydroxyl groups excluding tert-OH is 1. The number of nitrogens with one attached hydrogen (secondary N) is 10. The molecule has 3 aliphatic heterocycles. The highest BCUT2D eigenvalue weighted by molar-refractivity contribution is 6.03. The van der Waals surface area contributed by atoms with Gasteiger partial charge in [-0.15, -0.1) is 0 Å². The van der Waals surface area contributed by atoms with Crippen LogP contribution in [0.4, 0.5) is 0 Å². The molecule has 43 nitrogen and oxygen atoms in total. The molecule has 736 valence electrons. The van der Waals surface area contributed by atoms with E-state index in [9.17, 15) is 78.0 Å². The molecule has 0 bridgehead atoms. The highest BCUT2D eigenvalue weighted by atomic mass is 16.4. The Morgan fingerprint density at radius 2 is 1.14 bits per heavy atom. The molecule has 3 aromatic carbocycles. The van der Waals surface area contributed by atoms with Crippen molar-refractivity contribution in [1.82, 2.24) is 81.9 Å². The molecule has 15 atom stereocenters. The number of carboxylic acid groups (broad SMARTS) is 2. The van der Waals surface area contributed by atoms with Gasteiger partial charge in [-0.1, -0.05) is 102 Å². The van der Waals surface area contributed by atoms with Crippen molar-refractivity contribution in [2.45, 2.75) is 261 Å². The number of carbonyl (C=O) groups is 19. The van der Waals surface area contributed by atoms with E-state index in [0.29, 0.717) is 64.2 Å². The Bertz CT molecular complexity index is 5120. The van der Waals surface area contributed by atoms with Gasteiger partial charge in [0.25, 0.3) is 0 Å². The molecule has 16 amide bonds. The third kappa shape index (κ3) is 29.8. The fourth-order valence-corrected chi connectivity index (χ4v) is 17.2. The zero-order valence-electron chi connectivity index (χ0n) is 77.5. The first-order chi connectivity index (χ1) is 64.1. The first-order valence-electron chi connectivity index (χ1n) is 45.7. The number of rotatable bonds is 27. The minimum atomic E-state index is -1.82. The number of hydrogen-bond donors (Lipinski definition) is 18. The number of carboxylic acids is 2. The summed E-state index contributed by atoms with van der Waals surface area (Å²) in [6.07, 6.45) is -2.45. The average Bonchev–Trinajstić information content (AvgIpc) is 1.55. The maximum atomic E-state index is 16.0. The van der Waals surface area contributed by atoms with Gasteiger partial charge in [0.1, 0.15) is 84.8 Å². The lowest BCUT2D eigenvalue weighted by molar-refractivity contribution is -0.149. The smallest absolute Gasteiger partial charge is 0.323 e. The largest absolute Gasteiger partial charge is 0.508 e. The Labute approximate surface area is 780 Å². The van der Waals surface area contributed by atoms with Gasteiger partial charge in [0, 0.05) is 119 Å². The number of H-pyrrole nitrogens is 1. The van der Waals surface area contributed by atoms with Crippen molar-refractivity contribution in [2.75, 3.05) is 53.9 Å². The number of likely N-dealkylation sites (N-methyl/N-ethyl adjacent to an activating group) is 3. The molecule has 3 aliphatic rings. The number of carbonyl (C=O) groups excluding carboxylic acids is 17. The Kier molecular flexibility index (Phi) is 40.1. The fraction of sp³-hybridized carbons (Fsp3) is 0.554. The lowest BCUT2D eigenvalue weighted by atomic mass is 9.90. The molecular weight excluding hydrogens is 1750 g/mol. The first kappa shape index (κ1) is 107. The summed E-state index contributed by atoms with van der Waals surface area (Å²) >= 11 is 0. The maximum Gasteiger partial charge on any atom is 0.323 e. The fourth-order valence-electron chi connectivity index (χ4n) is 17.2. The van der Waals surface area contributed by atoms with Gasteiger partial charge >= 0.3 is 11.9 Å². The number of Topliss-reactive ketones (excluding diaryl/α,β-unsaturated/α-hetero) is 1. The number of phenolic OH excluding ortho intramolecular Hbond substituents is 1. The number of hydrogen-bond acceptors (Lipinski definition) is 23. The normalized spacial score (nSPS) is 24.8. The van der Waals surface area contributed by atoms with E-state index in [2.05, 4.69) is 52.8 Å². The molecule has 43 heteroatoms. The SMILES string of the molecule is CCCC[C@H]1C(=O)N(C)[C@@H](CCCC)C(=O)N[C@@H](CC(C)C)C(=O)N[C@H](C(=O)NCC(N)=O)CCCC(=O)N[C@@H](Cc2ccc(O)cc2)C(=O)N(C)[C@@H](C)C(=O)N[C@@H](CC(N)=O)C(=O)N2CCC[C@H]2C(=O)N[C@@H](CN)C(=O)N[C@@H](CCC(=O)O)C(=O)N2C[C@H](O)C[C@H]2C(=O)C[C@@H](Cc2c[nH]c3ccccc23)C(=O)N[C@@H](CCN)C(=O)N[C@@H](Cc2cn(CC(=O)O)c3ccccc23)C(=O)N1C. The number of ketones is 1. The number of aromatic amines is 1. The van der Waals surface area contributed by atoms with E-state index < -0.39 is 268 Å². The third-order valence-electron chi connectivity index (χ3n) is 24.7. The lowest BCUT2D eigenvalue weighted by Gasteiger charge is -2.36. The van der Waals surface area contributed by atoms with Crippen molar-refractivity contribution in [1.29, 1.82) is 0 Å². The van der Waals surface area contributed by atoms with Crippen molar-refractivity contribution >= 4 is 134 Å². The van der Waals surface area contributed by atoms with E-state index >= 15 is 33.6 Å². The Balaban J connectivity index is 1.21. The summed E-state index contributed by atoms with van der Waals surface area (Å²) in [6.45, 7) is 5.46. The summed E-state index contributed by atoms with van der Waals surface area (Å²) in [7, 11) is 3.88. The Morgan fingerprint density at radius 1 is 0.548 bits per heavy atom. The number of nitrogens with zero attached hydrogens (tertiary/aromatic N) is 6. The number of nitrogens with two attached hydrogens (primary N) is 4. The van der Waals surface area contributed by atoms with Crippen LogP contribution in [0.15, 0.2) is 85.2 Å². The number of para-hydroxylation sites is 2. The molecule has 0 radical (unpaired) electrons. The molecule has 135 heavy (non-hydrogen) atoms. The van der Waals surface area contributed by atoms with Crippen molar-refractivity contribution in [3.63, 3.8) is 0 Å². The molecule has 3 saturated heterocycles. The molecule has 0 saturated carbocycles. The number of benzene rings is 3. The van der Waals surface area contributed by atoms with Crippen LogP contribution in [0.3, 0.4) is 0 Å². The number of fused-ring (bicyclic) bond motifs is 4. The van der Waals surface area contributed by atoms with Crippen LogP contribution >= 0.6 is 0 Å². The molecule has 5 heterocycles. The summed E-state index contributed by atoms with van der Waals surface area (Å²) in [5.41, 5.74) is 25.8. The van der Waals surface area contributed by atoms with Crippen LogP contribution in [0.25, 0.3) is 21.8 Å². The molecule has 0 spiro atoms. The maximum absolute atomic E-state index is 16.0. The van der Waals surface area contributed by atoms with Gasteiger partial charge in [-0.05, 0) is 125 Å². The van der Waals surface area contributed by atoms with E-state index in [4.69, 9.17) is 22.9 Å². The number of unbranched alkanes of at least 4 members (excludes halogenated alkanes) is 2. The number of aromatic hydroxyl groups is 1. The lowest BCUT2D eigenvalue weighted by Crippen LogP contribution is -2.61. The van der Waals surface area contributed by atoms with Gasteiger partial charge in [0.05, 0.1) is 25.1 Å². The highest BCUT2D eigenvalue weighted by Crippen LogP contribution is 2.31. The molecule has 8 rings (SSSR count). The summed E-state index contributed by atoms with van der Waals surface area (Å²) in [6, 6.07) is -1.33. The Morgan fingerprint density at radius 3 is 1.79 bits per heavy atom. The van der Waals surface area contributed by atoms with Crippen LogP contribution in [0.2, 0.25) is 0 Å². The Hall–Kier alpha value is -13.5. The predicted octanol–water partition coefficient (Wildman–Crippen LogP) is -1.89. The quantitative estimate of drug-likeness (QED) is 0.0273. The van der Waals surface area contributed by atoms with E-state index in [1.165, 1.54) is 63.1 Å². The van der Waals surface area contributed by atoms with Crippen LogP contribution in [0, 0.1) is 11.8 Å². The summed E-state index contributed by atoms with van der Waals surface area (Å²) in [5.74, 6) is -20.8. The van der Waals surface area contributed by atoms with Gasteiger partial charge in [0.2, 0.25) is 94.5 Å². The number of aromatic nitrogens is 2. The van der Waals surface area contributed by atoms with Crippen LogP contribution in [0.1, 0.15) is 167 Å². The summed E-state index contributed by atoms with van der Waals surface area (Å²) in [5, 5.41) is 66.3. The van der Waals surface area contributed by atoms with Gasteiger partial charge in [0.15, 0.2) is 5.78 Å². The molecule has 2 aromatic heterocycles. The van der Waals surface area contributed by atoms with Crippen molar-refractivity contribution in [3.8, 4) is 5.75 Å². The standard InChI is InChI=1S/C92H130N20O23/c1-9-11-23-70-86(129)103-64(37-50(3)4)84(127)101-61(82(125)98-46-76(96)117)22-17-27-77(118)99-65(38-52-28-30-56(113)31-29-52)88(131)107(6)51(5)80(123)104-67(43-75(95)116)91(134)111-36-18-26-71(111)87(130)106-68(44-94)85(128)102-63(32-33-78(119)120)90(133)112-48-57(114)42-73(112)74(115)41-53(39-54-45-97-60-21-15-13-19-58(54)60)81(124)100-62(34-35-93)83(126)105-66(89(132)109(8)72(24-12-10-2)92(135)108(70)7)40-55-47-110(49-79(121)122)69-25-16-14-20-59(55)69/h13-16,19-21,25,28-31,45,47,50-51,53,57,61-68,70-73,97,113-114H,9-12,17-18,22-24,26-27,32-44,46,48-49,93-94H2,1-8H3,(H2,95,116)(H2,96,117)(H,98,125)(H,99,118)(H,100,124)(H,101,127)(H,102,128)(H,103,129)(H,104,123)(H,105,126)(H,106,130)(H,119,120)(H,121,122)/t51-,53+,57+,61-,62-,63-,64-,65-,66-,67-,68-,70-,71-,72-,73-/m0/s1. The van der Waals surface area contributed by atoms with Crippen LogP contribution < -0.4 is 70.8 Å². The third-order valence-corrected chi connectivity index (χ3v) is 24.7. The molecule has 5 aromatic rings. The molecular formula is C92H130N20O23. The van der Waals surface area contributed by atoms with E-state index in [1.54, 1.807) is 68.6 Å². The molecule has 0 unspecified atom stereocenters. The number of aliphatic hydroxyl groups is 1. The number of aliphatic carboxylic acids is 2. The summed E-state index contributed by atoms with van der Waals surface area (Å²) < 4.78 is 1.43. The van der Waals surface area contributed by atoms with E-state index in [0.717, 1.165) is 24.5 Å². The van der Waals surface area contributed by atoms with E-state index in [-0.39, 0.29) is 95.4 Å². The van der Waals surface area contributed by atoms with Gasteiger partial charge in [-0.3, -0.25) is 91.1 Å². The van der Waals surface area contributed by atoms with Gasteiger partial charge < -0.3 is 125 Å². The van der Waals surface area contributed by atoms with Crippen molar-refractivity contribution < 1.29 is 112 Å².